The van der Waals surface area contributed by atoms with Gasteiger partial charge in [0.05, 0.1) is 0 Å². The van der Waals surface area contributed by atoms with E-state index in [1.807, 2.05) is 13.8 Å². The van der Waals surface area contributed by atoms with Crippen molar-refractivity contribution in [3.05, 3.63) is 22.5 Å². The Morgan fingerprint density at radius 1 is 1.33 bits per heavy atom. The van der Waals surface area contributed by atoms with Gasteiger partial charge in [0, 0.05) is 17.8 Å². The molecule has 0 saturated carbocycles. The Labute approximate surface area is 131 Å². The standard InChI is InChI=1S/C15H23N3O2.ClH/c1-9-13(11(3)19)10(2)18-14(9)15(20)17-7-5-12-4-6-16-8-12;/h12,16,18H,4-8H2,1-3H3,(H,17,20);1H. The molecule has 0 aliphatic carbocycles. The van der Waals surface area contributed by atoms with E-state index in [9.17, 15) is 9.59 Å². The van der Waals surface area contributed by atoms with Crippen molar-refractivity contribution in [2.24, 2.45) is 5.92 Å². The van der Waals surface area contributed by atoms with E-state index >= 15 is 0 Å². The molecule has 6 heteroatoms. The molecule has 1 aromatic heterocycles. The molecule has 1 atom stereocenters. The summed E-state index contributed by atoms with van der Waals surface area (Å²) in [5.41, 5.74) is 2.66. The molecule has 5 nitrogen and oxygen atoms in total. The van der Waals surface area contributed by atoms with E-state index in [1.165, 1.54) is 13.3 Å². The van der Waals surface area contributed by atoms with E-state index < -0.39 is 0 Å². The van der Waals surface area contributed by atoms with Gasteiger partial charge in [-0.2, -0.15) is 0 Å². The van der Waals surface area contributed by atoms with Gasteiger partial charge in [0.25, 0.3) is 5.91 Å². The summed E-state index contributed by atoms with van der Waals surface area (Å²) in [4.78, 5) is 26.7. The Hall–Kier alpha value is -1.33. The first kappa shape index (κ1) is 17.7. The van der Waals surface area contributed by atoms with Gasteiger partial charge < -0.3 is 15.6 Å². The van der Waals surface area contributed by atoms with Gasteiger partial charge in [0.1, 0.15) is 5.69 Å². The Morgan fingerprint density at radius 2 is 2.05 bits per heavy atom. The van der Waals surface area contributed by atoms with Crippen molar-refractivity contribution in [1.29, 1.82) is 0 Å². The normalized spacial score (nSPS) is 17.4. The van der Waals surface area contributed by atoms with E-state index in [1.54, 1.807) is 0 Å². The average Bonchev–Trinajstić information content (AvgIpc) is 2.97. The number of amides is 1. The Bertz CT molecular complexity index is 519. The van der Waals surface area contributed by atoms with Crippen LogP contribution in [0.15, 0.2) is 0 Å². The third kappa shape index (κ3) is 4.08. The fourth-order valence-electron chi connectivity index (χ4n) is 2.94. The lowest BCUT2D eigenvalue weighted by Crippen LogP contribution is -2.27. The van der Waals surface area contributed by atoms with Gasteiger partial charge in [-0.1, -0.05) is 0 Å². The third-order valence-electron chi connectivity index (χ3n) is 4.02. The van der Waals surface area contributed by atoms with Crippen molar-refractivity contribution >= 4 is 24.1 Å². The molecule has 1 amide bonds. The molecule has 0 radical (unpaired) electrons. The van der Waals surface area contributed by atoms with Crippen LogP contribution in [0.1, 0.15) is 51.9 Å². The Kier molecular flexibility index (Phi) is 6.42. The first-order chi connectivity index (χ1) is 9.50. The molecule has 118 valence electrons. The van der Waals surface area contributed by atoms with Crippen molar-refractivity contribution in [2.75, 3.05) is 19.6 Å². The zero-order valence-electron chi connectivity index (χ0n) is 12.8. The number of halogens is 1. The van der Waals surface area contributed by atoms with Crippen LogP contribution in [0, 0.1) is 19.8 Å². The van der Waals surface area contributed by atoms with Crippen molar-refractivity contribution in [3.8, 4) is 0 Å². The molecule has 1 unspecified atom stereocenters. The summed E-state index contributed by atoms with van der Waals surface area (Å²) in [5.74, 6) is 0.533. The second kappa shape index (κ2) is 7.61. The maximum atomic E-state index is 12.2. The smallest absolute Gasteiger partial charge is 0.268 e. The first-order valence-electron chi connectivity index (χ1n) is 7.19. The molecule has 0 aromatic carbocycles. The molecule has 0 bridgehead atoms. The molecule has 2 heterocycles. The molecule has 1 aliphatic rings. The predicted octanol–water partition coefficient (Wildman–Crippen LogP) is 1.99. The number of nitrogens with one attached hydrogen (secondary N) is 3. The lowest BCUT2D eigenvalue weighted by Gasteiger charge is -2.09. The van der Waals surface area contributed by atoms with Crippen LogP contribution >= 0.6 is 12.4 Å². The SMILES string of the molecule is CC(=O)c1c(C)[nH]c(C(=O)NCCC2CCNC2)c1C.Cl. The summed E-state index contributed by atoms with van der Waals surface area (Å²) < 4.78 is 0. The third-order valence-corrected chi connectivity index (χ3v) is 4.02. The highest BCUT2D eigenvalue weighted by Gasteiger charge is 2.20. The van der Waals surface area contributed by atoms with Gasteiger partial charge in [0.15, 0.2) is 5.78 Å². The highest BCUT2D eigenvalue weighted by atomic mass is 35.5. The number of H-pyrrole nitrogens is 1. The van der Waals surface area contributed by atoms with E-state index in [-0.39, 0.29) is 24.1 Å². The lowest BCUT2D eigenvalue weighted by atomic mass is 10.0. The molecule has 2 rings (SSSR count). The number of aryl methyl sites for hydroxylation is 1. The van der Waals surface area contributed by atoms with Crippen LogP contribution in [0.5, 0.6) is 0 Å². The largest absolute Gasteiger partial charge is 0.354 e. The minimum atomic E-state index is -0.121. The summed E-state index contributed by atoms with van der Waals surface area (Å²) in [6.45, 7) is 7.97. The fourth-order valence-corrected chi connectivity index (χ4v) is 2.94. The van der Waals surface area contributed by atoms with E-state index in [0.717, 1.165) is 30.8 Å². The number of aromatic nitrogens is 1. The van der Waals surface area contributed by atoms with Crippen LogP contribution < -0.4 is 10.6 Å². The molecule has 0 spiro atoms. The van der Waals surface area contributed by atoms with E-state index in [0.29, 0.717) is 23.7 Å². The van der Waals surface area contributed by atoms with Gasteiger partial charge in [-0.25, -0.2) is 0 Å². The maximum Gasteiger partial charge on any atom is 0.268 e. The number of aromatic amines is 1. The fraction of sp³-hybridized carbons (Fsp3) is 0.600. The topological polar surface area (TPSA) is 74.0 Å². The quantitative estimate of drug-likeness (QED) is 0.728. The van der Waals surface area contributed by atoms with E-state index in [4.69, 9.17) is 0 Å². The number of carbonyl (C=O) groups excluding carboxylic acids is 2. The van der Waals surface area contributed by atoms with Crippen molar-refractivity contribution in [3.63, 3.8) is 0 Å². The Morgan fingerprint density at radius 3 is 2.57 bits per heavy atom. The monoisotopic (exact) mass is 313 g/mol. The summed E-state index contributed by atoms with van der Waals surface area (Å²) in [6.07, 6.45) is 2.18. The van der Waals surface area contributed by atoms with Crippen molar-refractivity contribution in [2.45, 2.75) is 33.6 Å². The van der Waals surface area contributed by atoms with Crippen LogP contribution in [-0.4, -0.2) is 36.3 Å². The molecule has 1 saturated heterocycles. The van der Waals surface area contributed by atoms with Gasteiger partial charge in [-0.15, -0.1) is 12.4 Å². The van der Waals surface area contributed by atoms with Crippen molar-refractivity contribution in [1.82, 2.24) is 15.6 Å². The molecule has 3 N–H and O–H groups in total. The van der Waals surface area contributed by atoms with E-state index in [2.05, 4.69) is 15.6 Å². The zero-order valence-corrected chi connectivity index (χ0v) is 13.7. The minimum absolute atomic E-state index is 0. The van der Waals surface area contributed by atoms with Gasteiger partial charge in [0.2, 0.25) is 0 Å². The average molecular weight is 314 g/mol. The second-order valence-corrected chi connectivity index (χ2v) is 5.58. The number of ketones is 1. The predicted molar refractivity (Wildman–Crippen MR) is 85.4 cm³/mol. The summed E-state index contributed by atoms with van der Waals surface area (Å²) >= 11 is 0. The van der Waals surface area contributed by atoms with Gasteiger partial charge in [-0.05, 0) is 58.2 Å². The molecule has 1 aliphatic heterocycles. The number of rotatable bonds is 5. The summed E-state index contributed by atoms with van der Waals surface area (Å²) in [7, 11) is 0. The van der Waals surface area contributed by atoms with Crippen LogP contribution in [0.25, 0.3) is 0 Å². The Balaban J connectivity index is 0.00000220. The first-order valence-corrected chi connectivity index (χ1v) is 7.19. The molecule has 21 heavy (non-hydrogen) atoms. The second-order valence-electron chi connectivity index (χ2n) is 5.58. The molecule has 1 fully saturated rings. The summed E-state index contributed by atoms with van der Waals surface area (Å²) in [5, 5.41) is 6.26. The van der Waals surface area contributed by atoms with Crippen LogP contribution in [0.2, 0.25) is 0 Å². The number of Topliss-reactive ketones (excluding diaryl/α,β-unsaturated/α-hetero) is 1. The number of carbonyl (C=O) groups is 2. The minimum Gasteiger partial charge on any atom is -0.354 e. The molecular weight excluding hydrogens is 290 g/mol. The number of hydrogen-bond acceptors (Lipinski definition) is 3. The highest BCUT2D eigenvalue weighted by molar-refractivity contribution is 6.02. The lowest BCUT2D eigenvalue weighted by molar-refractivity contribution is 0.0946. The molecule has 1 aromatic rings. The number of hydrogen-bond donors (Lipinski definition) is 3. The summed E-state index contributed by atoms with van der Waals surface area (Å²) in [6, 6.07) is 0. The van der Waals surface area contributed by atoms with Gasteiger partial charge in [-0.3, -0.25) is 9.59 Å². The highest BCUT2D eigenvalue weighted by Crippen LogP contribution is 2.18. The van der Waals surface area contributed by atoms with Crippen LogP contribution in [-0.2, 0) is 0 Å². The van der Waals surface area contributed by atoms with Crippen molar-refractivity contribution < 1.29 is 9.59 Å². The zero-order chi connectivity index (χ0) is 14.7. The van der Waals surface area contributed by atoms with Gasteiger partial charge >= 0.3 is 0 Å². The van der Waals surface area contributed by atoms with Crippen LogP contribution in [0.4, 0.5) is 0 Å². The van der Waals surface area contributed by atoms with Crippen LogP contribution in [0.3, 0.4) is 0 Å². The molecular formula is C15H24ClN3O2. The maximum absolute atomic E-state index is 12.2.